The number of methoxy groups -OCH3 is 1. The normalized spacial score (nSPS) is 20.7. The lowest BCUT2D eigenvalue weighted by molar-refractivity contribution is -0.146. The van der Waals surface area contributed by atoms with E-state index in [1.807, 2.05) is 0 Å². The zero-order valence-electron chi connectivity index (χ0n) is 10.2. The molecule has 0 bridgehead atoms. The van der Waals surface area contributed by atoms with Crippen molar-refractivity contribution in [2.24, 2.45) is 5.92 Å². The van der Waals surface area contributed by atoms with Gasteiger partial charge in [-0.15, -0.1) is 0 Å². The lowest BCUT2D eigenvalue weighted by atomic mass is 10.1. The Labute approximate surface area is 97.0 Å². The number of esters is 1. The minimum absolute atomic E-state index is 0.0352. The Hall–Kier alpha value is -0.650. The van der Waals surface area contributed by atoms with E-state index < -0.39 is 0 Å². The van der Waals surface area contributed by atoms with Gasteiger partial charge in [-0.2, -0.15) is 0 Å². The maximum Gasteiger partial charge on any atom is 0.310 e. The molecule has 94 valence electrons. The molecule has 0 aromatic carbocycles. The molecule has 0 aliphatic carbocycles. The van der Waals surface area contributed by atoms with Crippen LogP contribution in [0.4, 0.5) is 0 Å². The first-order chi connectivity index (χ1) is 7.67. The van der Waals surface area contributed by atoms with Crippen molar-refractivity contribution in [3.63, 3.8) is 0 Å². The zero-order chi connectivity index (χ0) is 12.0. The maximum atomic E-state index is 11.5. The summed E-state index contributed by atoms with van der Waals surface area (Å²) in [6.07, 6.45) is 0.485. The fourth-order valence-corrected chi connectivity index (χ4v) is 1.95. The van der Waals surface area contributed by atoms with Crippen molar-refractivity contribution in [1.29, 1.82) is 0 Å². The molecule has 1 rings (SSSR count). The first kappa shape index (κ1) is 13.4. The van der Waals surface area contributed by atoms with E-state index in [4.69, 9.17) is 9.84 Å². The van der Waals surface area contributed by atoms with E-state index >= 15 is 0 Å². The smallest absolute Gasteiger partial charge is 0.310 e. The molecule has 0 aromatic heterocycles. The van der Waals surface area contributed by atoms with E-state index in [1.54, 1.807) is 0 Å². The van der Waals surface area contributed by atoms with Crippen molar-refractivity contribution in [2.45, 2.75) is 6.42 Å². The van der Waals surface area contributed by atoms with Gasteiger partial charge in [0, 0.05) is 39.3 Å². The molecule has 1 aliphatic heterocycles. The van der Waals surface area contributed by atoms with Crippen molar-refractivity contribution < 1.29 is 14.6 Å². The summed E-state index contributed by atoms with van der Waals surface area (Å²) >= 11 is 0. The van der Waals surface area contributed by atoms with Crippen LogP contribution in [0.2, 0.25) is 0 Å². The highest BCUT2D eigenvalue weighted by Gasteiger charge is 2.23. The van der Waals surface area contributed by atoms with Gasteiger partial charge in [0.15, 0.2) is 0 Å². The SMILES string of the molecule is COC(=O)C(CCO)CN1CCN(C)CC1. The number of piperazine rings is 1. The summed E-state index contributed by atoms with van der Waals surface area (Å²) in [6.45, 7) is 4.76. The molecule has 0 saturated carbocycles. The van der Waals surface area contributed by atoms with Crippen LogP contribution >= 0.6 is 0 Å². The lowest BCUT2D eigenvalue weighted by Gasteiger charge is -2.33. The molecular weight excluding hydrogens is 208 g/mol. The average molecular weight is 230 g/mol. The first-order valence-electron chi connectivity index (χ1n) is 5.77. The average Bonchev–Trinajstić information content (AvgIpc) is 2.30. The quantitative estimate of drug-likeness (QED) is 0.640. The summed E-state index contributed by atoms with van der Waals surface area (Å²) in [5, 5.41) is 8.92. The third-order valence-corrected chi connectivity index (χ3v) is 3.09. The molecule has 0 amide bonds. The second-order valence-corrected chi connectivity index (χ2v) is 4.34. The molecule has 5 nitrogen and oxygen atoms in total. The minimum atomic E-state index is -0.215. The van der Waals surface area contributed by atoms with E-state index in [1.165, 1.54) is 7.11 Å². The van der Waals surface area contributed by atoms with Crippen LogP contribution in [0.5, 0.6) is 0 Å². The van der Waals surface area contributed by atoms with Crippen LogP contribution in [-0.2, 0) is 9.53 Å². The second kappa shape index (κ2) is 6.83. The molecule has 16 heavy (non-hydrogen) atoms. The molecule has 1 N–H and O–H groups in total. The number of aliphatic hydroxyl groups is 1. The van der Waals surface area contributed by atoms with Crippen LogP contribution in [0.25, 0.3) is 0 Å². The lowest BCUT2D eigenvalue weighted by Crippen LogP contribution is -2.47. The summed E-state index contributed by atoms with van der Waals surface area (Å²) in [5.74, 6) is -0.411. The fourth-order valence-electron chi connectivity index (χ4n) is 1.95. The molecule has 1 heterocycles. The predicted molar refractivity (Wildman–Crippen MR) is 61.1 cm³/mol. The molecule has 1 unspecified atom stereocenters. The van der Waals surface area contributed by atoms with Crippen molar-refractivity contribution in [2.75, 3.05) is 53.5 Å². The molecule has 1 fully saturated rings. The number of nitrogens with zero attached hydrogens (tertiary/aromatic N) is 2. The van der Waals surface area contributed by atoms with Gasteiger partial charge in [-0.3, -0.25) is 9.69 Å². The number of likely N-dealkylation sites (N-methyl/N-ethyl adjacent to an activating group) is 1. The molecular formula is C11H22N2O3. The number of carbonyl (C=O) groups excluding carboxylic acids is 1. The zero-order valence-corrected chi connectivity index (χ0v) is 10.2. The van der Waals surface area contributed by atoms with Crippen LogP contribution in [0.15, 0.2) is 0 Å². The van der Waals surface area contributed by atoms with E-state index in [-0.39, 0.29) is 18.5 Å². The van der Waals surface area contributed by atoms with Crippen molar-refractivity contribution >= 4 is 5.97 Å². The van der Waals surface area contributed by atoms with E-state index in [0.29, 0.717) is 13.0 Å². The van der Waals surface area contributed by atoms with Gasteiger partial charge >= 0.3 is 5.97 Å². The Bertz CT molecular complexity index is 215. The summed E-state index contributed by atoms with van der Waals surface area (Å²) in [5.41, 5.74) is 0. The molecule has 0 radical (unpaired) electrons. The summed E-state index contributed by atoms with van der Waals surface area (Å²) in [6, 6.07) is 0. The van der Waals surface area contributed by atoms with E-state index in [9.17, 15) is 4.79 Å². The summed E-state index contributed by atoms with van der Waals surface area (Å²) < 4.78 is 4.74. The minimum Gasteiger partial charge on any atom is -0.469 e. The number of aliphatic hydroxyl groups excluding tert-OH is 1. The van der Waals surface area contributed by atoms with Crippen molar-refractivity contribution in [1.82, 2.24) is 9.80 Å². The van der Waals surface area contributed by atoms with Crippen LogP contribution in [0, 0.1) is 5.92 Å². The number of hydrogen-bond donors (Lipinski definition) is 1. The Balaban J connectivity index is 2.39. The number of rotatable bonds is 5. The van der Waals surface area contributed by atoms with Gasteiger partial charge in [0.2, 0.25) is 0 Å². The van der Waals surface area contributed by atoms with Gasteiger partial charge in [0.25, 0.3) is 0 Å². The van der Waals surface area contributed by atoms with Gasteiger partial charge in [0.1, 0.15) is 0 Å². The van der Waals surface area contributed by atoms with E-state index in [2.05, 4.69) is 16.8 Å². The van der Waals surface area contributed by atoms with Crippen molar-refractivity contribution in [3.8, 4) is 0 Å². The third kappa shape index (κ3) is 4.08. The van der Waals surface area contributed by atoms with Gasteiger partial charge in [0.05, 0.1) is 13.0 Å². The van der Waals surface area contributed by atoms with Gasteiger partial charge in [-0.1, -0.05) is 0 Å². The molecule has 0 aromatic rings. The molecule has 5 heteroatoms. The summed E-state index contributed by atoms with van der Waals surface area (Å²) in [7, 11) is 3.50. The van der Waals surface area contributed by atoms with E-state index in [0.717, 1.165) is 26.2 Å². The third-order valence-electron chi connectivity index (χ3n) is 3.09. The fraction of sp³-hybridized carbons (Fsp3) is 0.909. The van der Waals surface area contributed by atoms with Crippen molar-refractivity contribution in [3.05, 3.63) is 0 Å². The molecule has 1 aliphatic rings. The van der Waals surface area contributed by atoms with Gasteiger partial charge < -0.3 is 14.7 Å². The second-order valence-electron chi connectivity index (χ2n) is 4.34. The number of hydrogen-bond acceptors (Lipinski definition) is 5. The molecule has 1 atom stereocenters. The monoisotopic (exact) mass is 230 g/mol. The Kier molecular flexibility index (Phi) is 5.73. The topological polar surface area (TPSA) is 53.0 Å². The number of carbonyl (C=O) groups is 1. The summed E-state index contributed by atoms with van der Waals surface area (Å²) in [4.78, 5) is 16.0. The Morgan fingerprint density at radius 2 is 2.00 bits per heavy atom. The Morgan fingerprint density at radius 1 is 1.38 bits per heavy atom. The highest BCUT2D eigenvalue weighted by molar-refractivity contribution is 5.72. The predicted octanol–water partition coefficient (Wildman–Crippen LogP) is -0.595. The van der Waals surface area contributed by atoms with Crippen LogP contribution in [0.3, 0.4) is 0 Å². The van der Waals surface area contributed by atoms with Crippen LogP contribution in [0.1, 0.15) is 6.42 Å². The van der Waals surface area contributed by atoms with Crippen LogP contribution in [-0.4, -0.2) is 74.4 Å². The molecule has 0 spiro atoms. The number of ether oxygens (including phenoxy) is 1. The van der Waals surface area contributed by atoms with Gasteiger partial charge in [-0.05, 0) is 13.5 Å². The standard InChI is InChI=1S/C11H22N2O3/c1-12-4-6-13(7-5-12)9-10(3-8-14)11(15)16-2/h10,14H,3-9H2,1-2H3. The Morgan fingerprint density at radius 3 is 2.50 bits per heavy atom. The van der Waals surface area contributed by atoms with Crippen LogP contribution < -0.4 is 0 Å². The van der Waals surface area contributed by atoms with Gasteiger partial charge in [-0.25, -0.2) is 0 Å². The molecule has 1 saturated heterocycles. The largest absolute Gasteiger partial charge is 0.469 e. The maximum absolute atomic E-state index is 11.5. The first-order valence-corrected chi connectivity index (χ1v) is 5.77. The highest BCUT2D eigenvalue weighted by Crippen LogP contribution is 2.10. The highest BCUT2D eigenvalue weighted by atomic mass is 16.5.